The van der Waals surface area contributed by atoms with Crippen LogP contribution >= 0.6 is 0 Å². The van der Waals surface area contributed by atoms with E-state index in [4.69, 9.17) is 0 Å². The minimum Gasteiger partial charge on any atom is -0.508 e. The monoisotopic (exact) mass is 554 g/mol. The van der Waals surface area contributed by atoms with Crippen LogP contribution < -0.4 is 0 Å². The molecule has 0 atom stereocenters. The average molecular weight is 555 g/mol. The zero-order valence-electron chi connectivity index (χ0n) is 22.2. The van der Waals surface area contributed by atoms with Gasteiger partial charge in [0.25, 0.3) is 0 Å². The van der Waals surface area contributed by atoms with Gasteiger partial charge in [-0.2, -0.15) is 0 Å². The third kappa shape index (κ3) is 5.05. The standard InChI is InChI=1S/C36H26O6/c37-23-5-1-21(2-6-23)29-13-9-25(39)17-33(29)35-19-27(41)11-15-31(35)32-16-12-28(42)20-36(32)34-18-26(40)10-14-30(34)22-3-7-24(38)8-4-22/h1-20,37-42H. The fourth-order valence-corrected chi connectivity index (χ4v) is 5.28. The van der Waals surface area contributed by atoms with Gasteiger partial charge in [0.2, 0.25) is 0 Å². The van der Waals surface area contributed by atoms with Crippen molar-refractivity contribution in [2.45, 2.75) is 0 Å². The van der Waals surface area contributed by atoms with Crippen molar-refractivity contribution in [1.29, 1.82) is 0 Å². The van der Waals surface area contributed by atoms with Gasteiger partial charge in [-0.15, -0.1) is 0 Å². The summed E-state index contributed by atoms with van der Waals surface area (Å²) in [6, 6.07) is 33.3. The summed E-state index contributed by atoms with van der Waals surface area (Å²) in [5.41, 5.74) is 7.04. The van der Waals surface area contributed by atoms with Crippen LogP contribution in [0, 0.1) is 0 Å². The molecule has 6 aromatic carbocycles. The lowest BCUT2D eigenvalue weighted by atomic mass is 9.84. The van der Waals surface area contributed by atoms with E-state index in [0.29, 0.717) is 33.4 Å². The Balaban J connectivity index is 1.62. The number of phenols is 6. The second kappa shape index (κ2) is 10.6. The van der Waals surface area contributed by atoms with Crippen LogP contribution in [0.15, 0.2) is 121 Å². The molecule has 0 aliphatic rings. The molecule has 0 spiro atoms. The van der Waals surface area contributed by atoms with E-state index >= 15 is 0 Å². The summed E-state index contributed by atoms with van der Waals surface area (Å²) in [4.78, 5) is 0. The molecule has 0 saturated carbocycles. The van der Waals surface area contributed by atoms with Gasteiger partial charge in [-0.25, -0.2) is 0 Å². The summed E-state index contributed by atoms with van der Waals surface area (Å²) in [5.74, 6) is 0.376. The van der Waals surface area contributed by atoms with Crippen molar-refractivity contribution in [3.05, 3.63) is 121 Å². The highest BCUT2D eigenvalue weighted by Gasteiger charge is 2.20. The van der Waals surface area contributed by atoms with E-state index in [1.807, 2.05) is 0 Å². The van der Waals surface area contributed by atoms with Gasteiger partial charge < -0.3 is 30.6 Å². The van der Waals surface area contributed by atoms with Crippen LogP contribution in [0.5, 0.6) is 34.5 Å². The molecule has 0 unspecified atom stereocenters. The quantitative estimate of drug-likeness (QED) is 0.128. The summed E-state index contributed by atoms with van der Waals surface area (Å²) in [6.45, 7) is 0. The lowest BCUT2D eigenvalue weighted by Crippen LogP contribution is -1.93. The molecule has 0 saturated heterocycles. The number of aromatic hydroxyl groups is 6. The predicted molar refractivity (Wildman–Crippen MR) is 164 cm³/mol. The van der Waals surface area contributed by atoms with E-state index in [9.17, 15) is 30.6 Å². The Bertz CT molecular complexity index is 1780. The number of hydrogen-bond acceptors (Lipinski definition) is 6. The molecule has 0 radical (unpaired) electrons. The third-order valence-electron chi connectivity index (χ3n) is 7.24. The topological polar surface area (TPSA) is 121 Å². The fraction of sp³-hybridized carbons (Fsp3) is 0. The number of hydrogen-bond donors (Lipinski definition) is 6. The zero-order chi connectivity index (χ0) is 29.4. The maximum atomic E-state index is 10.6. The second-order valence-electron chi connectivity index (χ2n) is 10.0. The molecule has 6 nitrogen and oxygen atoms in total. The minimum absolute atomic E-state index is 0.0243. The van der Waals surface area contributed by atoms with Crippen LogP contribution in [0.3, 0.4) is 0 Å². The molecule has 0 fully saturated rings. The molecule has 6 heteroatoms. The van der Waals surface area contributed by atoms with Crippen LogP contribution in [-0.2, 0) is 0 Å². The van der Waals surface area contributed by atoms with Crippen molar-refractivity contribution >= 4 is 0 Å². The smallest absolute Gasteiger partial charge is 0.116 e. The predicted octanol–water partition coefficient (Wildman–Crippen LogP) is 8.26. The summed E-state index contributed by atoms with van der Waals surface area (Å²) in [6.07, 6.45) is 0. The first-order valence-corrected chi connectivity index (χ1v) is 13.2. The summed E-state index contributed by atoms with van der Waals surface area (Å²) in [7, 11) is 0. The van der Waals surface area contributed by atoms with E-state index in [2.05, 4.69) is 0 Å². The molecule has 6 aromatic rings. The SMILES string of the molecule is Oc1ccc(-c2ccc(O)cc2-c2cc(O)ccc2-c2ccc(O)cc2-c2cc(O)ccc2-c2ccc(O)cc2)cc1. The molecule has 0 amide bonds. The van der Waals surface area contributed by atoms with Crippen LogP contribution in [0.4, 0.5) is 0 Å². The first-order valence-electron chi connectivity index (χ1n) is 13.2. The van der Waals surface area contributed by atoms with E-state index in [0.717, 1.165) is 22.3 Å². The van der Waals surface area contributed by atoms with Gasteiger partial charge in [-0.3, -0.25) is 0 Å². The lowest BCUT2D eigenvalue weighted by Gasteiger charge is -2.20. The van der Waals surface area contributed by atoms with Crippen LogP contribution in [0.2, 0.25) is 0 Å². The third-order valence-corrected chi connectivity index (χ3v) is 7.24. The Hall–Kier alpha value is -5.88. The summed E-state index contributed by atoms with van der Waals surface area (Å²) in [5, 5.41) is 61.9. The van der Waals surface area contributed by atoms with Crippen molar-refractivity contribution in [3.63, 3.8) is 0 Å². The minimum atomic E-state index is 0.0243. The Morgan fingerprint density at radius 3 is 0.762 bits per heavy atom. The second-order valence-corrected chi connectivity index (χ2v) is 10.0. The van der Waals surface area contributed by atoms with E-state index in [1.54, 1.807) is 121 Å². The van der Waals surface area contributed by atoms with E-state index in [-0.39, 0.29) is 34.5 Å². The van der Waals surface area contributed by atoms with Crippen LogP contribution in [0.1, 0.15) is 0 Å². The molecule has 206 valence electrons. The molecule has 6 rings (SSSR count). The molecular formula is C36H26O6. The number of benzene rings is 6. The Kier molecular flexibility index (Phi) is 6.65. The van der Waals surface area contributed by atoms with Gasteiger partial charge in [0.05, 0.1) is 0 Å². The highest BCUT2D eigenvalue weighted by atomic mass is 16.3. The molecule has 0 aromatic heterocycles. The average Bonchev–Trinajstić information content (AvgIpc) is 2.98. The van der Waals surface area contributed by atoms with Crippen molar-refractivity contribution in [1.82, 2.24) is 0 Å². The van der Waals surface area contributed by atoms with E-state index in [1.165, 1.54) is 0 Å². The van der Waals surface area contributed by atoms with Gasteiger partial charge in [-0.1, -0.05) is 48.5 Å². The highest BCUT2D eigenvalue weighted by molar-refractivity contribution is 5.99. The van der Waals surface area contributed by atoms with Gasteiger partial charge >= 0.3 is 0 Å². The molecule has 6 N–H and O–H groups in total. The van der Waals surface area contributed by atoms with Crippen LogP contribution in [-0.4, -0.2) is 30.6 Å². The molecule has 0 aliphatic carbocycles. The molecule has 42 heavy (non-hydrogen) atoms. The molecule has 0 heterocycles. The first kappa shape index (κ1) is 26.3. The van der Waals surface area contributed by atoms with Crippen molar-refractivity contribution in [3.8, 4) is 90.1 Å². The highest BCUT2D eigenvalue weighted by Crippen LogP contribution is 2.47. The van der Waals surface area contributed by atoms with Crippen LogP contribution in [0.25, 0.3) is 55.6 Å². The normalized spacial score (nSPS) is 11.0. The Morgan fingerprint density at radius 2 is 0.452 bits per heavy atom. The van der Waals surface area contributed by atoms with Gasteiger partial charge in [0.15, 0.2) is 0 Å². The molecule has 0 bridgehead atoms. The first-order chi connectivity index (χ1) is 20.3. The number of phenolic OH excluding ortho intramolecular Hbond substituents is 6. The molecule has 0 aliphatic heterocycles. The zero-order valence-corrected chi connectivity index (χ0v) is 22.2. The van der Waals surface area contributed by atoms with Gasteiger partial charge in [0.1, 0.15) is 34.5 Å². The van der Waals surface area contributed by atoms with E-state index < -0.39 is 0 Å². The number of rotatable bonds is 5. The largest absolute Gasteiger partial charge is 0.508 e. The Labute approximate surface area is 241 Å². The maximum Gasteiger partial charge on any atom is 0.116 e. The maximum absolute atomic E-state index is 10.6. The van der Waals surface area contributed by atoms with Crippen molar-refractivity contribution in [2.75, 3.05) is 0 Å². The van der Waals surface area contributed by atoms with Crippen molar-refractivity contribution in [2.24, 2.45) is 0 Å². The Morgan fingerprint density at radius 1 is 0.214 bits per heavy atom. The van der Waals surface area contributed by atoms with Gasteiger partial charge in [0, 0.05) is 0 Å². The summed E-state index contributed by atoms with van der Waals surface area (Å²) < 4.78 is 0. The lowest BCUT2D eigenvalue weighted by molar-refractivity contribution is 0.474. The van der Waals surface area contributed by atoms with Gasteiger partial charge in [-0.05, 0) is 128 Å². The fourth-order valence-electron chi connectivity index (χ4n) is 5.28. The summed E-state index contributed by atoms with van der Waals surface area (Å²) >= 11 is 0. The molecular weight excluding hydrogens is 528 g/mol. The van der Waals surface area contributed by atoms with Crippen molar-refractivity contribution < 1.29 is 30.6 Å².